The number of amides is 2. The van der Waals surface area contributed by atoms with Gasteiger partial charge in [0.1, 0.15) is 0 Å². The van der Waals surface area contributed by atoms with E-state index in [2.05, 4.69) is 39.8 Å². The highest BCUT2D eigenvalue weighted by atomic mass is 16.2. The lowest BCUT2D eigenvalue weighted by molar-refractivity contribution is -0.116. The Balaban J connectivity index is 1.63. The zero-order chi connectivity index (χ0) is 20.5. The van der Waals surface area contributed by atoms with Crippen molar-refractivity contribution in [3.63, 3.8) is 0 Å². The molecule has 29 heavy (non-hydrogen) atoms. The van der Waals surface area contributed by atoms with Gasteiger partial charge < -0.3 is 15.5 Å². The lowest BCUT2D eigenvalue weighted by Gasteiger charge is -2.25. The van der Waals surface area contributed by atoms with Crippen molar-refractivity contribution in [1.82, 2.24) is 0 Å². The average Bonchev–Trinajstić information content (AvgIpc) is 2.72. The van der Waals surface area contributed by atoms with E-state index >= 15 is 0 Å². The van der Waals surface area contributed by atoms with Gasteiger partial charge in [0.2, 0.25) is 11.8 Å². The molecule has 3 rings (SSSR count). The number of carbonyl (C=O) groups is 2. The number of anilines is 3. The van der Waals surface area contributed by atoms with Crippen LogP contribution in [0.2, 0.25) is 0 Å². The molecule has 0 heterocycles. The quantitative estimate of drug-likeness (QED) is 0.590. The highest BCUT2D eigenvalue weighted by Crippen LogP contribution is 2.18. The maximum absolute atomic E-state index is 12.5. The predicted molar refractivity (Wildman–Crippen MR) is 118 cm³/mol. The van der Waals surface area contributed by atoms with Gasteiger partial charge in [-0.2, -0.15) is 0 Å². The van der Waals surface area contributed by atoms with E-state index < -0.39 is 0 Å². The molecule has 148 valence electrons. The molecular formula is C24H25N3O2. The minimum absolute atomic E-state index is 0.0704. The van der Waals surface area contributed by atoms with Crippen LogP contribution < -0.4 is 15.5 Å². The summed E-state index contributed by atoms with van der Waals surface area (Å²) in [6.45, 7) is 2.78. The molecule has 2 amide bonds. The third-order valence-electron chi connectivity index (χ3n) is 4.41. The van der Waals surface area contributed by atoms with Crippen molar-refractivity contribution in [2.75, 3.05) is 22.1 Å². The standard InChI is InChI=1S/C24H25N3O2/c1-19(28)25-21-11-8-12-22(17-21)26-24(29)15-16-27(23-13-6-3-7-14-23)18-20-9-4-2-5-10-20/h2-14,17H,15-16,18H2,1H3,(H,25,28)(H,26,29). The van der Waals surface area contributed by atoms with Crippen molar-refractivity contribution in [3.05, 3.63) is 90.5 Å². The van der Waals surface area contributed by atoms with Crippen molar-refractivity contribution in [2.24, 2.45) is 0 Å². The molecule has 0 aromatic heterocycles. The van der Waals surface area contributed by atoms with Crippen LogP contribution in [-0.4, -0.2) is 18.4 Å². The molecule has 0 atom stereocenters. The van der Waals surface area contributed by atoms with Crippen LogP contribution in [0, 0.1) is 0 Å². The molecule has 0 saturated heterocycles. The lowest BCUT2D eigenvalue weighted by atomic mass is 10.2. The first-order chi connectivity index (χ1) is 14.1. The first-order valence-corrected chi connectivity index (χ1v) is 9.61. The summed E-state index contributed by atoms with van der Waals surface area (Å²) in [4.78, 5) is 25.9. The van der Waals surface area contributed by atoms with Gasteiger partial charge in [0.15, 0.2) is 0 Å². The molecule has 0 aliphatic rings. The number of rotatable bonds is 8. The largest absolute Gasteiger partial charge is 0.367 e. The molecule has 0 bridgehead atoms. The van der Waals surface area contributed by atoms with Crippen LogP contribution in [0.1, 0.15) is 18.9 Å². The molecule has 0 unspecified atom stereocenters. The van der Waals surface area contributed by atoms with Crippen LogP contribution >= 0.6 is 0 Å². The highest BCUT2D eigenvalue weighted by molar-refractivity contribution is 5.93. The van der Waals surface area contributed by atoms with Gasteiger partial charge in [-0.1, -0.05) is 54.6 Å². The third kappa shape index (κ3) is 6.50. The number of benzene rings is 3. The fourth-order valence-corrected chi connectivity index (χ4v) is 3.08. The Morgan fingerprint density at radius 3 is 2.07 bits per heavy atom. The molecule has 0 saturated carbocycles. The molecule has 3 aromatic rings. The van der Waals surface area contributed by atoms with E-state index in [-0.39, 0.29) is 11.8 Å². The minimum atomic E-state index is -0.145. The van der Waals surface area contributed by atoms with E-state index in [0.29, 0.717) is 24.3 Å². The van der Waals surface area contributed by atoms with Gasteiger partial charge in [0, 0.05) is 43.5 Å². The highest BCUT2D eigenvalue weighted by Gasteiger charge is 2.11. The summed E-state index contributed by atoms with van der Waals surface area (Å²) in [7, 11) is 0. The molecule has 2 N–H and O–H groups in total. The summed E-state index contributed by atoms with van der Waals surface area (Å²) >= 11 is 0. The molecule has 0 fully saturated rings. The summed E-state index contributed by atoms with van der Waals surface area (Å²) < 4.78 is 0. The smallest absolute Gasteiger partial charge is 0.226 e. The monoisotopic (exact) mass is 387 g/mol. The maximum atomic E-state index is 12.5. The van der Waals surface area contributed by atoms with E-state index in [9.17, 15) is 9.59 Å². The number of hydrogen-bond acceptors (Lipinski definition) is 3. The second-order valence-corrected chi connectivity index (χ2v) is 6.80. The summed E-state index contributed by atoms with van der Waals surface area (Å²) in [5.74, 6) is -0.216. The predicted octanol–water partition coefficient (Wildman–Crippen LogP) is 4.68. The topological polar surface area (TPSA) is 61.4 Å². The molecule has 3 aromatic carbocycles. The van der Waals surface area contributed by atoms with E-state index in [1.807, 2.05) is 42.5 Å². The van der Waals surface area contributed by atoms with Crippen LogP contribution in [-0.2, 0) is 16.1 Å². The summed E-state index contributed by atoms with van der Waals surface area (Å²) in [5, 5.41) is 5.63. The molecule has 0 aliphatic carbocycles. The minimum Gasteiger partial charge on any atom is -0.367 e. The first-order valence-electron chi connectivity index (χ1n) is 9.61. The second-order valence-electron chi connectivity index (χ2n) is 6.80. The van der Waals surface area contributed by atoms with Crippen LogP contribution in [0.4, 0.5) is 17.1 Å². The summed E-state index contributed by atoms with van der Waals surface area (Å²) in [6.07, 6.45) is 0.353. The number of hydrogen-bond donors (Lipinski definition) is 2. The first kappa shape index (κ1) is 20.1. The van der Waals surface area contributed by atoms with Crippen LogP contribution in [0.3, 0.4) is 0 Å². The number of para-hydroxylation sites is 1. The second kappa shape index (κ2) is 10.1. The summed E-state index contributed by atoms with van der Waals surface area (Å²) in [6, 6.07) is 27.4. The van der Waals surface area contributed by atoms with Crippen molar-refractivity contribution >= 4 is 28.9 Å². The summed E-state index contributed by atoms with van der Waals surface area (Å²) in [5.41, 5.74) is 3.59. The van der Waals surface area contributed by atoms with E-state index in [1.165, 1.54) is 12.5 Å². The Bertz CT molecular complexity index is 943. The normalized spacial score (nSPS) is 10.2. The molecule has 5 nitrogen and oxygen atoms in total. The maximum Gasteiger partial charge on any atom is 0.226 e. The van der Waals surface area contributed by atoms with Gasteiger partial charge in [-0.05, 0) is 35.9 Å². The Hall–Kier alpha value is -3.60. The Morgan fingerprint density at radius 2 is 1.41 bits per heavy atom. The molecule has 0 aliphatic heterocycles. The molecule has 0 radical (unpaired) electrons. The van der Waals surface area contributed by atoms with Gasteiger partial charge in [0.25, 0.3) is 0 Å². The van der Waals surface area contributed by atoms with E-state index in [1.54, 1.807) is 18.2 Å². The van der Waals surface area contributed by atoms with Gasteiger partial charge in [0.05, 0.1) is 0 Å². The van der Waals surface area contributed by atoms with Crippen molar-refractivity contribution in [1.29, 1.82) is 0 Å². The lowest BCUT2D eigenvalue weighted by Crippen LogP contribution is -2.27. The van der Waals surface area contributed by atoms with Gasteiger partial charge in [-0.3, -0.25) is 9.59 Å². The van der Waals surface area contributed by atoms with Crippen LogP contribution in [0.25, 0.3) is 0 Å². The fraction of sp³-hybridized carbons (Fsp3) is 0.167. The average molecular weight is 387 g/mol. The number of nitrogens with one attached hydrogen (secondary N) is 2. The number of nitrogens with zero attached hydrogens (tertiary/aromatic N) is 1. The van der Waals surface area contributed by atoms with Crippen molar-refractivity contribution in [2.45, 2.75) is 19.9 Å². The third-order valence-corrected chi connectivity index (χ3v) is 4.41. The van der Waals surface area contributed by atoms with Gasteiger partial charge in [-0.15, -0.1) is 0 Å². The molecule has 5 heteroatoms. The van der Waals surface area contributed by atoms with E-state index in [0.717, 1.165) is 12.2 Å². The number of carbonyl (C=O) groups excluding carboxylic acids is 2. The van der Waals surface area contributed by atoms with Crippen LogP contribution in [0.5, 0.6) is 0 Å². The fourth-order valence-electron chi connectivity index (χ4n) is 3.08. The zero-order valence-electron chi connectivity index (χ0n) is 16.5. The Labute approximate surface area is 171 Å². The van der Waals surface area contributed by atoms with Gasteiger partial charge >= 0.3 is 0 Å². The van der Waals surface area contributed by atoms with Gasteiger partial charge in [-0.25, -0.2) is 0 Å². The van der Waals surface area contributed by atoms with Crippen molar-refractivity contribution in [3.8, 4) is 0 Å². The molecule has 0 spiro atoms. The zero-order valence-corrected chi connectivity index (χ0v) is 16.5. The van der Waals surface area contributed by atoms with Crippen LogP contribution in [0.15, 0.2) is 84.9 Å². The van der Waals surface area contributed by atoms with Crippen molar-refractivity contribution < 1.29 is 9.59 Å². The SMILES string of the molecule is CC(=O)Nc1cccc(NC(=O)CCN(Cc2ccccc2)c2ccccc2)c1. The Morgan fingerprint density at radius 1 is 0.793 bits per heavy atom. The molecular weight excluding hydrogens is 362 g/mol. The Kier molecular flexibility index (Phi) is 7.00. The van der Waals surface area contributed by atoms with E-state index in [4.69, 9.17) is 0 Å².